The lowest BCUT2D eigenvalue weighted by atomic mass is 10.0. The first-order valence-electron chi connectivity index (χ1n) is 12.1. The first kappa shape index (κ1) is 24.8. The van der Waals surface area contributed by atoms with E-state index in [2.05, 4.69) is 53.6 Å². The van der Waals surface area contributed by atoms with Gasteiger partial charge in [0.2, 0.25) is 5.91 Å². The molecule has 1 aromatic heterocycles. The third kappa shape index (κ3) is 6.02. The lowest BCUT2D eigenvalue weighted by molar-refractivity contribution is -0.122. The van der Waals surface area contributed by atoms with E-state index in [0.29, 0.717) is 23.2 Å². The molecule has 5 nitrogen and oxygen atoms in total. The fourth-order valence-corrected chi connectivity index (χ4v) is 5.83. The molecule has 1 unspecified atom stereocenters. The van der Waals surface area contributed by atoms with Crippen LogP contribution in [0.1, 0.15) is 74.0 Å². The number of nitrogens with zero attached hydrogens (tertiary/aromatic N) is 3. The molecule has 1 aliphatic rings. The smallest absolute Gasteiger partial charge is 0.220 e. The summed E-state index contributed by atoms with van der Waals surface area (Å²) < 4.78 is 2.05. The second-order valence-electron chi connectivity index (χ2n) is 9.30. The van der Waals surface area contributed by atoms with E-state index >= 15 is 0 Å². The zero-order chi connectivity index (χ0) is 24.1. The molecule has 4 rings (SSSR count). The lowest BCUT2D eigenvalue weighted by Gasteiger charge is -2.18. The normalized spacial score (nSPS) is 14.9. The highest BCUT2D eigenvalue weighted by molar-refractivity contribution is 7.98. The molecule has 3 aromatic rings. The number of thioether (sulfide) groups is 1. The fraction of sp³-hybridized carbons (Fsp3) is 0.444. The highest BCUT2D eigenvalue weighted by Crippen LogP contribution is 2.31. The number of hydrogen-bond donors (Lipinski definition) is 1. The van der Waals surface area contributed by atoms with Gasteiger partial charge in [0.15, 0.2) is 11.0 Å². The van der Waals surface area contributed by atoms with Gasteiger partial charge in [-0.3, -0.25) is 9.36 Å². The van der Waals surface area contributed by atoms with Gasteiger partial charge in [-0.15, -0.1) is 10.2 Å². The average molecular weight is 497 g/mol. The molecule has 0 aliphatic heterocycles. The minimum atomic E-state index is -0.269. The van der Waals surface area contributed by atoms with Crippen LogP contribution in [0.15, 0.2) is 47.6 Å². The van der Waals surface area contributed by atoms with Crippen molar-refractivity contribution in [2.75, 3.05) is 0 Å². The van der Waals surface area contributed by atoms with Gasteiger partial charge in [-0.2, -0.15) is 0 Å². The van der Waals surface area contributed by atoms with Crippen molar-refractivity contribution in [3.8, 4) is 5.69 Å². The maximum Gasteiger partial charge on any atom is 0.220 e. The first-order chi connectivity index (χ1) is 16.4. The Morgan fingerprint density at radius 3 is 2.68 bits per heavy atom. The summed E-state index contributed by atoms with van der Waals surface area (Å²) in [5.41, 5.74) is 4.53. The number of hydrogen-bond acceptors (Lipinski definition) is 4. The van der Waals surface area contributed by atoms with E-state index in [9.17, 15) is 4.79 Å². The first-order valence-corrected chi connectivity index (χ1v) is 13.5. The fourth-order valence-electron chi connectivity index (χ4n) is 4.63. The summed E-state index contributed by atoms with van der Waals surface area (Å²) in [5, 5.41) is 13.6. The van der Waals surface area contributed by atoms with Gasteiger partial charge in [0.1, 0.15) is 0 Å². The number of halogens is 1. The van der Waals surface area contributed by atoms with Crippen LogP contribution < -0.4 is 5.32 Å². The summed E-state index contributed by atoms with van der Waals surface area (Å²) in [7, 11) is 0. The Labute approximate surface area is 211 Å². The zero-order valence-electron chi connectivity index (χ0n) is 20.2. The van der Waals surface area contributed by atoms with Crippen molar-refractivity contribution >= 4 is 29.3 Å². The van der Waals surface area contributed by atoms with Gasteiger partial charge in [0.05, 0.1) is 11.7 Å². The molecular formula is C27H33ClN4OS. The standard InChI is InChI=1S/C27H33ClN4OS/c1-18-8-4-7-11-22(18)17-34-27-31-30-26(32(27)24-16-23(28)14-12-19(24)2)20(3)29-25(33)15-13-21-9-5-6-10-21/h4,7-8,11-12,14,16,20-21H,5-6,9-10,13,15,17H2,1-3H3,(H,29,33). The predicted octanol–water partition coefficient (Wildman–Crippen LogP) is 6.98. The van der Waals surface area contributed by atoms with Crippen molar-refractivity contribution in [1.82, 2.24) is 20.1 Å². The number of aryl methyl sites for hydroxylation is 2. The van der Waals surface area contributed by atoms with E-state index in [1.807, 2.05) is 29.7 Å². The van der Waals surface area contributed by atoms with Gasteiger partial charge in [0, 0.05) is 17.2 Å². The number of carbonyl (C=O) groups is 1. The van der Waals surface area contributed by atoms with Gasteiger partial charge in [-0.25, -0.2) is 0 Å². The van der Waals surface area contributed by atoms with Crippen molar-refractivity contribution in [2.45, 2.75) is 76.2 Å². The average Bonchev–Trinajstić information content (AvgIpc) is 3.49. The SMILES string of the molecule is Cc1ccccc1CSc1nnc(C(C)NC(=O)CCC2CCCC2)n1-c1cc(Cl)ccc1C. The Morgan fingerprint density at radius 1 is 1.15 bits per heavy atom. The van der Waals surface area contributed by atoms with Gasteiger partial charge in [-0.05, 0) is 61.9 Å². The molecule has 0 saturated heterocycles. The molecule has 1 atom stereocenters. The molecular weight excluding hydrogens is 464 g/mol. The summed E-state index contributed by atoms with van der Waals surface area (Å²) in [4.78, 5) is 12.7. The molecule has 0 radical (unpaired) electrons. The number of nitrogens with one attached hydrogen (secondary N) is 1. The Balaban J connectivity index is 1.56. The van der Waals surface area contributed by atoms with Crippen LogP contribution >= 0.6 is 23.4 Å². The Kier molecular flexibility index (Phi) is 8.32. The summed E-state index contributed by atoms with van der Waals surface area (Å²) >= 11 is 8.01. The van der Waals surface area contributed by atoms with Crippen LogP contribution in [0.5, 0.6) is 0 Å². The lowest BCUT2D eigenvalue weighted by Crippen LogP contribution is -2.28. The van der Waals surface area contributed by atoms with E-state index in [1.165, 1.54) is 36.8 Å². The van der Waals surface area contributed by atoms with Gasteiger partial charge >= 0.3 is 0 Å². The van der Waals surface area contributed by atoms with Crippen LogP contribution in [0.25, 0.3) is 5.69 Å². The molecule has 1 N–H and O–H groups in total. The van der Waals surface area contributed by atoms with E-state index in [4.69, 9.17) is 11.6 Å². The van der Waals surface area contributed by atoms with Crippen LogP contribution in [0.4, 0.5) is 0 Å². The van der Waals surface area contributed by atoms with Crippen molar-refractivity contribution in [3.63, 3.8) is 0 Å². The molecule has 7 heteroatoms. The van der Waals surface area contributed by atoms with Gasteiger partial charge in [-0.1, -0.05) is 79.4 Å². The molecule has 2 aromatic carbocycles. The van der Waals surface area contributed by atoms with Gasteiger partial charge < -0.3 is 5.32 Å². The molecule has 180 valence electrons. The Bertz CT molecular complexity index is 1140. The topological polar surface area (TPSA) is 59.8 Å². The number of amides is 1. The molecule has 1 heterocycles. The molecule has 34 heavy (non-hydrogen) atoms. The number of benzene rings is 2. The van der Waals surface area contributed by atoms with Crippen molar-refractivity contribution in [1.29, 1.82) is 0 Å². The van der Waals surface area contributed by atoms with Crippen LogP contribution in [-0.2, 0) is 10.5 Å². The minimum Gasteiger partial charge on any atom is -0.346 e. The monoisotopic (exact) mass is 496 g/mol. The largest absolute Gasteiger partial charge is 0.346 e. The van der Waals surface area contributed by atoms with Crippen molar-refractivity contribution in [3.05, 3.63) is 70.0 Å². The third-order valence-corrected chi connectivity index (χ3v) is 7.92. The third-order valence-electron chi connectivity index (χ3n) is 6.71. The van der Waals surface area contributed by atoms with E-state index in [-0.39, 0.29) is 11.9 Å². The van der Waals surface area contributed by atoms with E-state index in [1.54, 1.807) is 11.8 Å². The molecule has 1 fully saturated rings. The van der Waals surface area contributed by atoms with Gasteiger partial charge in [0.25, 0.3) is 0 Å². The zero-order valence-corrected chi connectivity index (χ0v) is 21.8. The van der Waals surface area contributed by atoms with Crippen LogP contribution in [-0.4, -0.2) is 20.7 Å². The van der Waals surface area contributed by atoms with E-state index < -0.39 is 0 Å². The van der Waals surface area contributed by atoms with Crippen molar-refractivity contribution < 1.29 is 4.79 Å². The Morgan fingerprint density at radius 2 is 1.91 bits per heavy atom. The highest BCUT2D eigenvalue weighted by Gasteiger charge is 2.23. The van der Waals surface area contributed by atoms with Crippen LogP contribution in [0.3, 0.4) is 0 Å². The van der Waals surface area contributed by atoms with Crippen LogP contribution in [0.2, 0.25) is 5.02 Å². The summed E-state index contributed by atoms with van der Waals surface area (Å²) in [6, 6.07) is 13.9. The molecule has 0 spiro atoms. The Hall–Kier alpha value is -2.31. The van der Waals surface area contributed by atoms with Crippen LogP contribution in [0, 0.1) is 19.8 Å². The maximum atomic E-state index is 12.7. The summed E-state index contributed by atoms with van der Waals surface area (Å²) in [6.07, 6.45) is 6.64. The quantitative estimate of drug-likeness (QED) is 0.325. The summed E-state index contributed by atoms with van der Waals surface area (Å²) in [6.45, 7) is 6.15. The molecule has 1 amide bonds. The van der Waals surface area contributed by atoms with Crippen molar-refractivity contribution in [2.24, 2.45) is 5.92 Å². The van der Waals surface area contributed by atoms with E-state index in [0.717, 1.165) is 28.6 Å². The summed E-state index contributed by atoms with van der Waals surface area (Å²) in [5.74, 6) is 2.27. The predicted molar refractivity (Wildman–Crippen MR) is 140 cm³/mol. The number of aromatic nitrogens is 3. The molecule has 1 aliphatic carbocycles. The second-order valence-corrected chi connectivity index (χ2v) is 10.7. The molecule has 0 bridgehead atoms. The maximum absolute atomic E-state index is 12.7. The minimum absolute atomic E-state index is 0.0749. The second kappa shape index (κ2) is 11.4. The number of carbonyl (C=O) groups excluding carboxylic acids is 1. The number of rotatable bonds is 9. The molecule has 1 saturated carbocycles. The highest BCUT2D eigenvalue weighted by atomic mass is 35.5.